The summed E-state index contributed by atoms with van der Waals surface area (Å²) in [7, 11) is -3.28. The summed E-state index contributed by atoms with van der Waals surface area (Å²) >= 11 is 1.44. The summed E-state index contributed by atoms with van der Waals surface area (Å²) in [5, 5.41) is 2.29. The Balaban J connectivity index is 1.54. The summed E-state index contributed by atoms with van der Waals surface area (Å²) in [6, 6.07) is -0.0981. The molecular weight excluding hydrogens is 362 g/mol. The van der Waals surface area contributed by atoms with E-state index in [0.717, 1.165) is 4.70 Å². The van der Waals surface area contributed by atoms with Gasteiger partial charge in [0.25, 0.3) is 0 Å². The van der Waals surface area contributed by atoms with Crippen LogP contribution >= 0.6 is 11.3 Å². The largest absolute Gasteiger partial charge is 0.294 e. The minimum atomic E-state index is -3.28. The van der Waals surface area contributed by atoms with Crippen LogP contribution in [-0.2, 0) is 14.8 Å². The van der Waals surface area contributed by atoms with Crippen LogP contribution in [0.4, 0.5) is 5.95 Å². The van der Waals surface area contributed by atoms with E-state index in [4.69, 9.17) is 0 Å². The average Bonchev–Trinajstić information content (AvgIpc) is 3.02. The smallest absolute Gasteiger partial charge is 0.231 e. The average molecular weight is 383 g/mol. The van der Waals surface area contributed by atoms with E-state index in [1.165, 1.54) is 11.3 Å². The molecule has 1 aliphatic carbocycles. The van der Waals surface area contributed by atoms with Gasteiger partial charge in [0.1, 0.15) is 0 Å². The fourth-order valence-corrected chi connectivity index (χ4v) is 4.34. The highest BCUT2D eigenvalue weighted by Crippen LogP contribution is 2.26. The van der Waals surface area contributed by atoms with Gasteiger partial charge in [0, 0.05) is 12.0 Å². The van der Waals surface area contributed by atoms with Crippen LogP contribution in [-0.4, -0.2) is 40.6 Å². The van der Waals surface area contributed by atoms with E-state index >= 15 is 0 Å². The van der Waals surface area contributed by atoms with Gasteiger partial charge < -0.3 is 0 Å². The third-order valence-corrected chi connectivity index (χ3v) is 7.03. The first kappa shape index (κ1) is 18.2. The number of anilines is 1. The number of carbonyl (C=O) groups excluding carboxylic acids is 1. The Morgan fingerprint density at radius 2 is 1.96 bits per heavy atom. The first-order chi connectivity index (χ1) is 11.8. The number of nitrogens with zero attached hydrogens (tertiary/aromatic N) is 3. The Hall–Kier alpha value is -1.65. The summed E-state index contributed by atoms with van der Waals surface area (Å²) in [6.45, 7) is 3.31. The van der Waals surface area contributed by atoms with Crippen LogP contribution in [0.25, 0.3) is 10.3 Å². The van der Waals surface area contributed by atoms with Gasteiger partial charge in [0.15, 0.2) is 5.65 Å². The number of fused-ring (bicyclic) bond motifs is 1. The molecule has 0 unspecified atom stereocenters. The minimum Gasteiger partial charge on any atom is -0.294 e. The monoisotopic (exact) mass is 383 g/mol. The van der Waals surface area contributed by atoms with Gasteiger partial charge in [-0.1, -0.05) is 0 Å². The van der Waals surface area contributed by atoms with E-state index in [-0.39, 0.29) is 23.8 Å². The number of thiazole rings is 1. The van der Waals surface area contributed by atoms with Crippen molar-refractivity contribution in [1.29, 1.82) is 0 Å². The number of amides is 1. The molecule has 0 aliphatic heterocycles. The lowest BCUT2D eigenvalue weighted by Gasteiger charge is -2.28. The van der Waals surface area contributed by atoms with Crippen LogP contribution in [0, 0.1) is 5.92 Å². The van der Waals surface area contributed by atoms with E-state index in [1.807, 2.05) is 0 Å². The maximum absolute atomic E-state index is 12.4. The molecule has 25 heavy (non-hydrogen) atoms. The van der Waals surface area contributed by atoms with Crippen LogP contribution in [0.15, 0.2) is 11.7 Å². The third kappa shape index (κ3) is 4.31. The third-order valence-electron chi connectivity index (χ3n) is 4.38. The van der Waals surface area contributed by atoms with Gasteiger partial charge in [-0.25, -0.2) is 23.1 Å². The van der Waals surface area contributed by atoms with Crippen LogP contribution < -0.4 is 10.0 Å². The van der Waals surface area contributed by atoms with Crippen molar-refractivity contribution in [1.82, 2.24) is 19.7 Å². The normalized spacial score (nSPS) is 21.6. The Kier molecular flexibility index (Phi) is 5.30. The first-order valence-electron chi connectivity index (χ1n) is 8.23. The van der Waals surface area contributed by atoms with E-state index in [1.54, 1.807) is 25.6 Å². The molecule has 0 saturated heterocycles. The summed E-state index contributed by atoms with van der Waals surface area (Å²) in [6.07, 6.45) is 4.21. The molecule has 2 aromatic heterocycles. The highest BCUT2D eigenvalue weighted by molar-refractivity contribution is 7.90. The van der Waals surface area contributed by atoms with E-state index < -0.39 is 15.3 Å². The van der Waals surface area contributed by atoms with Crippen molar-refractivity contribution in [2.75, 3.05) is 5.32 Å². The maximum atomic E-state index is 12.4. The molecule has 0 bridgehead atoms. The summed E-state index contributed by atoms with van der Waals surface area (Å²) in [5.41, 5.74) is 2.26. The van der Waals surface area contributed by atoms with Crippen molar-refractivity contribution in [3.05, 3.63) is 11.7 Å². The van der Waals surface area contributed by atoms with Crippen LogP contribution in [0.5, 0.6) is 0 Å². The Morgan fingerprint density at radius 3 is 2.64 bits per heavy atom. The second-order valence-corrected chi connectivity index (χ2v) is 9.64. The Morgan fingerprint density at radius 1 is 1.24 bits per heavy atom. The molecular formula is C15H21N5O3S2. The highest BCUT2D eigenvalue weighted by Gasteiger charge is 2.29. The molecule has 2 N–H and O–H groups in total. The molecule has 1 amide bonds. The van der Waals surface area contributed by atoms with Crippen molar-refractivity contribution in [3.63, 3.8) is 0 Å². The van der Waals surface area contributed by atoms with E-state index in [0.29, 0.717) is 31.3 Å². The predicted molar refractivity (Wildman–Crippen MR) is 96.8 cm³/mol. The van der Waals surface area contributed by atoms with Crippen molar-refractivity contribution in [2.24, 2.45) is 5.92 Å². The zero-order valence-corrected chi connectivity index (χ0v) is 15.7. The molecule has 0 radical (unpaired) electrons. The standard InChI is InChI=1S/C15H21N5O3S2/c1-9(2)25(22,23)20-11-5-3-10(4-6-11)14(21)19-15-16-7-12-13(18-15)17-8-24-12/h7-11,20H,3-6H2,1-2H3,(H,16,18,19,21). The molecule has 1 aliphatic rings. The summed E-state index contributed by atoms with van der Waals surface area (Å²) in [5.74, 6) is -0.0275. The molecule has 0 aromatic carbocycles. The lowest BCUT2D eigenvalue weighted by Crippen LogP contribution is -2.42. The number of hydrogen-bond acceptors (Lipinski definition) is 7. The number of hydrogen-bond donors (Lipinski definition) is 2. The Labute approximate surface area is 150 Å². The molecule has 2 heterocycles. The zero-order valence-electron chi connectivity index (χ0n) is 14.1. The number of nitrogens with one attached hydrogen (secondary N) is 2. The number of aromatic nitrogens is 3. The molecule has 10 heteroatoms. The number of carbonyl (C=O) groups is 1. The Bertz CT molecular complexity index is 857. The molecule has 1 saturated carbocycles. The van der Waals surface area contributed by atoms with Crippen LogP contribution in [0.3, 0.4) is 0 Å². The summed E-state index contributed by atoms with van der Waals surface area (Å²) in [4.78, 5) is 24.9. The van der Waals surface area contributed by atoms with E-state index in [2.05, 4.69) is 25.0 Å². The van der Waals surface area contributed by atoms with Crippen molar-refractivity contribution >= 4 is 43.6 Å². The minimum absolute atomic E-state index is 0.0981. The second kappa shape index (κ2) is 7.30. The molecule has 2 aromatic rings. The van der Waals surface area contributed by atoms with Crippen LogP contribution in [0.2, 0.25) is 0 Å². The van der Waals surface area contributed by atoms with Gasteiger partial charge in [-0.15, -0.1) is 11.3 Å². The SMILES string of the molecule is CC(C)S(=O)(=O)NC1CCC(C(=O)Nc2ncc3scnc3n2)CC1. The quantitative estimate of drug-likeness (QED) is 0.815. The van der Waals surface area contributed by atoms with Gasteiger partial charge in [-0.3, -0.25) is 10.1 Å². The van der Waals surface area contributed by atoms with Crippen LogP contribution in [0.1, 0.15) is 39.5 Å². The lowest BCUT2D eigenvalue weighted by atomic mass is 9.86. The van der Waals surface area contributed by atoms with Gasteiger partial charge >= 0.3 is 0 Å². The van der Waals surface area contributed by atoms with Gasteiger partial charge in [0.05, 0.1) is 21.7 Å². The van der Waals surface area contributed by atoms with Crippen molar-refractivity contribution in [2.45, 2.75) is 50.8 Å². The van der Waals surface area contributed by atoms with Crippen molar-refractivity contribution in [3.8, 4) is 0 Å². The molecule has 136 valence electrons. The van der Waals surface area contributed by atoms with Crippen molar-refractivity contribution < 1.29 is 13.2 Å². The summed E-state index contributed by atoms with van der Waals surface area (Å²) < 4.78 is 27.5. The number of rotatable bonds is 5. The van der Waals surface area contributed by atoms with Gasteiger partial charge in [-0.05, 0) is 39.5 Å². The molecule has 3 rings (SSSR count). The molecule has 0 atom stereocenters. The maximum Gasteiger partial charge on any atom is 0.231 e. The predicted octanol–water partition coefficient (Wildman–Crippen LogP) is 1.91. The van der Waals surface area contributed by atoms with E-state index in [9.17, 15) is 13.2 Å². The topological polar surface area (TPSA) is 114 Å². The molecule has 8 nitrogen and oxygen atoms in total. The van der Waals surface area contributed by atoms with Gasteiger partial charge in [0.2, 0.25) is 21.9 Å². The second-order valence-electron chi connectivity index (χ2n) is 6.48. The molecule has 0 spiro atoms. The fourth-order valence-electron chi connectivity index (χ4n) is 2.78. The number of sulfonamides is 1. The molecule has 1 fully saturated rings. The lowest BCUT2D eigenvalue weighted by molar-refractivity contribution is -0.120. The first-order valence-corrected chi connectivity index (χ1v) is 10.7. The highest BCUT2D eigenvalue weighted by atomic mass is 32.2. The van der Waals surface area contributed by atoms with Gasteiger partial charge in [-0.2, -0.15) is 4.98 Å². The zero-order chi connectivity index (χ0) is 18.0. The fraction of sp³-hybridized carbons (Fsp3) is 0.600.